The van der Waals surface area contributed by atoms with Crippen LogP contribution in [0.3, 0.4) is 0 Å². The lowest BCUT2D eigenvalue weighted by Gasteiger charge is -1.96. The number of benzene rings is 1. The highest BCUT2D eigenvalue weighted by molar-refractivity contribution is 5.71. The van der Waals surface area contributed by atoms with Crippen molar-refractivity contribution in [1.29, 1.82) is 0 Å². The maximum absolute atomic E-state index is 12.7. The molecule has 0 aliphatic rings. The third-order valence-electron chi connectivity index (χ3n) is 2.44. The Morgan fingerprint density at radius 2 is 1.75 bits per heavy atom. The van der Waals surface area contributed by atoms with Crippen LogP contribution in [-0.4, -0.2) is 14.9 Å². The van der Waals surface area contributed by atoms with Gasteiger partial charge in [0.25, 0.3) is 0 Å². The summed E-state index contributed by atoms with van der Waals surface area (Å²) in [7, 11) is 0. The van der Waals surface area contributed by atoms with E-state index in [9.17, 15) is 24.1 Å². The quantitative estimate of drug-likeness (QED) is 0.650. The van der Waals surface area contributed by atoms with Crippen LogP contribution in [0.5, 0.6) is 0 Å². The number of aromatic amines is 2. The average Bonchev–Trinajstić information content (AvgIpc) is 2.36. The molecule has 0 atom stereocenters. The summed E-state index contributed by atoms with van der Waals surface area (Å²) in [6.45, 7) is 0. The Kier molecular flexibility index (Phi) is 3.56. The number of halogens is 1. The Balaban J connectivity index is 2.48. The van der Waals surface area contributed by atoms with Gasteiger partial charge in [0.2, 0.25) is 0 Å². The highest BCUT2D eigenvalue weighted by Crippen LogP contribution is 2.12. The van der Waals surface area contributed by atoms with E-state index < -0.39 is 27.7 Å². The minimum Gasteiger partial charge on any atom is -0.301 e. The largest absolute Gasteiger partial charge is 0.357 e. The Hall–Kier alpha value is -3.03. The summed E-state index contributed by atoms with van der Waals surface area (Å²) in [4.78, 5) is 36.3. The van der Waals surface area contributed by atoms with Crippen LogP contribution in [0, 0.1) is 15.9 Å². The van der Waals surface area contributed by atoms with E-state index in [1.165, 1.54) is 36.4 Å². The molecule has 1 heterocycles. The smallest absolute Gasteiger partial charge is 0.301 e. The summed E-state index contributed by atoms with van der Waals surface area (Å²) in [5.41, 5.74) is -2.37. The van der Waals surface area contributed by atoms with Crippen molar-refractivity contribution in [1.82, 2.24) is 9.97 Å². The monoisotopic (exact) mass is 277 g/mol. The van der Waals surface area contributed by atoms with Crippen LogP contribution in [0.1, 0.15) is 11.3 Å². The minimum atomic E-state index is -1.09. The summed E-state index contributed by atoms with van der Waals surface area (Å²) in [6.07, 6.45) is 2.62. The van der Waals surface area contributed by atoms with Gasteiger partial charge in [-0.05, 0) is 23.8 Å². The summed E-state index contributed by atoms with van der Waals surface area (Å²) in [5, 5.41) is 10.8. The zero-order valence-corrected chi connectivity index (χ0v) is 9.92. The van der Waals surface area contributed by atoms with Crippen molar-refractivity contribution in [2.45, 2.75) is 0 Å². The van der Waals surface area contributed by atoms with Gasteiger partial charge in [-0.15, -0.1) is 0 Å². The number of nitrogens with zero attached hydrogens (tertiary/aromatic N) is 1. The summed E-state index contributed by atoms with van der Waals surface area (Å²) in [5.74, 6) is -0.419. The number of hydrogen-bond donors (Lipinski definition) is 2. The van der Waals surface area contributed by atoms with Crippen LogP contribution in [0.4, 0.5) is 10.1 Å². The predicted octanol–water partition coefficient (Wildman–Crippen LogP) is 1.28. The van der Waals surface area contributed by atoms with Crippen LogP contribution in [-0.2, 0) is 0 Å². The van der Waals surface area contributed by atoms with Crippen LogP contribution >= 0.6 is 0 Å². The predicted molar refractivity (Wildman–Crippen MR) is 69.7 cm³/mol. The molecule has 1 aromatic heterocycles. The molecule has 0 amide bonds. The second kappa shape index (κ2) is 5.31. The van der Waals surface area contributed by atoms with Gasteiger partial charge in [0.1, 0.15) is 11.5 Å². The van der Waals surface area contributed by atoms with Gasteiger partial charge in [0.05, 0.1) is 4.92 Å². The van der Waals surface area contributed by atoms with Crippen molar-refractivity contribution in [3.8, 4) is 0 Å². The molecule has 0 radical (unpaired) electrons. The zero-order valence-electron chi connectivity index (χ0n) is 9.92. The fraction of sp³-hybridized carbons (Fsp3) is 0. The molecule has 0 bridgehead atoms. The van der Waals surface area contributed by atoms with E-state index in [0.29, 0.717) is 5.56 Å². The van der Waals surface area contributed by atoms with Gasteiger partial charge in [0, 0.05) is 0 Å². The molecule has 7 nitrogen and oxygen atoms in total. The van der Waals surface area contributed by atoms with E-state index in [2.05, 4.69) is 4.98 Å². The molecular formula is C12H8FN3O4. The van der Waals surface area contributed by atoms with Crippen molar-refractivity contribution in [3.05, 3.63) is 72.3 Å². The van der Waals surface area contributed by atoms with Gasteiger partial charge >= 0.3 is 16.9 Å². The Labute approximate surface area is 110 Å². The number of nitrogens with one attached hydrogen (secondary N) is 2. The lowest BCUT2D eigenvalue weighted by atomic mass is 10.2. The molecule has 2 rings (SSSR count). The topological polar surface area (TPSA) is 109 Å². The van der Waals surface area contributed by atoms with Gasteiger partial charge in [-0.2, -0.15) is 0 Å². The molecule has 2 aromatic rings. The molecule has 0 saturated heterocycles. The van der Waals surface area contributed by atoms with Crippen LogP contribution in [0.15, 0.2) is 33.9 Å². The molecule has 20 heavy (non-hydrogen) atoms. The molecular weight excluding hydrogens is 269 g/mol. The normalized spacial score (nSPS) is 10.8. The minimum absolute atomic E-state index is 0.229. The molecule has 0 aliphatic heterocycles. The number of nitro groups is 1. The van der Waals surface area contributed by atoms with E-state index >= 15 is 0 Å². The first kappa shape index (κ1) is 13.4. The third-order valence-corrected chi connectivity index (χ3v) is 2.44. The molecule has 2 N–H and O–H groups in total. The van der Waals surface area contributed by atoms with E-state index in [-0.39, 0.29) is 5.69 Å². The van der Waals surface area contributed by atoms with Crippen LogP contribution < -0.4 is 11.2 Å². The number of rotatable bonds is 3. The van der Waals surface area contributed by atoms with Crippen LogP contribution in [0.25, 0.3) is 12.2 Å². The van der Waals surface area contributed by atoms with E-state index in [4.69, 9.17) is 0 Å². The Morgan fingerprint density at radius 3 is 2.35 bits per heavy atom. The highest BCUT2D eigenvalue weighted by atomic mass is 19.1. The lowest BCUT2D eigenvalue weighted by Crippen LogP contribution is -2.25. The number of aromatic nitrogens is 2. The summed E-state index contributed by atoms with van der Waals surface area (Å²) >= 11 is 0. The molecule has 1 aromatic carbocycles. The molecule has 0 spiro atoms. The lowest BCUT2D eigenvalue weighted by molar-refractivity contribution is -0.386. The van der Waals surface area contributed by atoms with Crippen molar-refractivity contribution >= 4 is 17.8 Å². The maximum atomic E-state index is 12.7. The van der Waals surface area contributed by atoms with Crippen molar-refractivity contribution in [2.24, 2.45) is 0 Å². The van der Waals surface area contributed by atoms with Crippen molar-refractivity contribution in [3.63, 3.8) is 0 Å². The second-order valence-electron chi connectivity index (χ2n) is 3.81. The van der Waals surface area contributed by atoms with Gasteiger partial charge in [-0.3, -0.25) is 19.9 Å². The molecule has 0 fully saturated rings. The highest BCUT2D eigenvalue weighted by Gasteiger charge is 2.18. The SMILES string of the molecule is O=c1[nH]c(C=Cc2ccc(F)cc2)c([N+](=O)[O-])c(=O)[nH]1. The fourth-order valence-corrected chi connectivity index (χ4v) is 1.55. The van der Waals surface area contributed by atoms with Gasteiger partial charge in [-0.25, -0.2) is 9.18 Å². The first-order valence-electron chi connectivity index (χ1n) is 5.42. The average molecular weight is 277 g/mol. The van der Waals surface area contributed by atoms with E-state index in [0.717, 1.165) is 0 Å². The second-order valence-corrected chi connectivity index (χ2v) is 3.81. The molecule has 0 unspecified atom stereocenters. The number of H-pyrrole nitrogens is 2. The van der Waals surface area contributed by atoms with E-state index in [1.54, 1.807) is 4.98 Å². The fourth-order valence-electron chi connectivity index (χ4n) is 1.55. The first-order chi connectivity index (χ1) is 9.47. The van der Waals surface area contributed by atoms with Crippen LogP contribution in [0.2, 0.25) is 0 Å². The molecule has 0 saturated carbocycles. The summed E-state index contributed by atoms with van der Waals surface area (Å²) < 4.78 is 12.7. The number of hydrogen-bond acceptors (Lipinski definition) is 4. The van der Waals surface area contributed by atoms with Crippen molar-refractivity contribution < 1.29 is 9.31 Å². The zero-order chi connectivity index (χ0) is 14.7. The molecule has 102 valence electrons. The standard InChI is InChI=1S/C12H8FN3O4/c13-8-4-1-7(2-5-8)3-6-9-10(16(19)20)11(17)15-12(18)14-9/h1-6H,(H2,14,15,17,18). The Morgan fingerprint density at radius 1 is 1.10 bits per heavy atom. The van der Waals surface area contributed by atoms with E-state index in [1.807, 2.05) is 0 Å². The third kappa shape index (κ3) is 2.86. The van der Waals surface area contributed by atoms with Crippen molar-refractivity contribution in [2.75, 3.05) is 0 Å². The maximum Gasteiger partial charge on any atom is 0.357 e. The van der Waals surface area contributed by atoms with Gasteiger partial charge < -0.3 is 4.98 Å². The first-order valence-corrected chi connectivity index (χ1v) is 5.42. The molecule has 8 heteroatoms. The van der Waals surface area contributed by atoms with Gasteiger partial charge in [-0.1, -0.05) is 18.2 Å². The molecule has 0 aliphatic carbocycles. The Bertz CT molecular complexity index is 790. The summed E-state index contributed by atoms with van der Waals surface area (Å²) in [6, 6.07) is 5.33. The van der Waals surface area contributed by atoms with Gasteiger partial charge in [0.15, 0.2) is 0 Å².